The van der Waals surface area contributed by atoms with Gasteiger partial charge in [-0.3, -0.25) is 4.79 Å². The number of rotatable bonds is 9. The normalized spacial score (nSPS) is 17.4. The highest BCUT2D eigenvalue weighted by atomic mass is 35.5. The summed E-state index contributed by atoms with van der Waals surface area (Å²) in [6.07, 6.45) is 2.67. The highest BCUT2D eigenvalue weighted by Crippen LogP contribution is 2.29. The summed E-state index contributed by atoms with van der Waals surface area (Å²) >= 11 is 6.34. The maximum atomic E-state index is 12.1. The number of carbonyl (C=O) groups is 1. The molecule has 0 unspecified atom stereocenters. The fraction of sp³-hybridized carbons (Fsp3) is 0.667. The van der Waals surface area contributed by atoms with Crippen LogP contribution in [-0.2, 0) is 4.74 Å². The van der Waals surface area contributed by atoms with E-state index in [1.807, 2.05) is 13.8 Å². The van der Waals surface area contributed by atoms with Crippen molar-refractivity contribution in [1.82, 2.24) is 10.2 Å². The van der Waals surface area contributed by atoms with Crippen LogP contribution in [0.1, 0.15) is 50.4 Å². The van der Waals surface area contributed by atoms with Gasteiger partial charge < -0.3 is 24.8 Å². The summed E-state index contributed by atoms with van der Waals surface area (Å²) in [5, 5.41) is 13.2. The maximum absolute atomic E-state index is 12.1. The van der Waals surface area contributed by atoms with Gasteiger partial charge in [0, 0.05) is 38.3 Å². The third kappa shape index (κ3) is 7.24. The molecule has 0 saturated carbocycles. The van der Waals surface area contributed by atoms with Crippen molar-refractivity contribution < 1.29 is 19.4 Å². The smallest absolute Gasteiger partial charge is 0.251 e. The first-order chi connectivity index (χ1) is 13.2. The van der Waals surface area contributed by atoms with Crippen LogP contribution in [0.25, 0.3) is 0 Å². The second-order valence-corrected chi connectivity index (χ2v) is 8.52. The van der Waals surface area contributed by atoms with Crippen LogP contribution in [0.3, 0.4) is 0 Å². The number of amides is 1. The van der Waals surface area contributed by atoms with Crippen molar-refractivity contribution in [3.05, 3.63) is 28.8 Å². The van der Waals surface area contributed by atoms with Crippen LogP contribution >= 0.6 is 11.6 Å². The molecule has 1 atom stereocenters. The SMILES string of the molecule is COCCNC(=O)c1ccc(OC2CCN([C@H](C)CC(C)(C)O)CC2)c(Cl)c1. The zero-order valence-corrected chi connectivity index (χ0v) is 18.1. The second kappa shape index (κ2) is 10.4. The predicted octanol–water partition coefficient (Wildman–Crippen LogP) is 3.11. The summed E-state index contributed by atoms with van der Waals surface area (Å²) in [5.74, 6) is 0.428. The lowest BCUT2D eigenvalue weighted by Gasteiger charge is -2.38. The van der Waals surface area contributed by atoms with E-state index in [0.29, 0.717) is 35.5 Å². The van der Waals surface area contributed by atoms with Crippen LogP contribution in [0, 0.1) is 0 Å². The number of hydrogen-bond acceptors (Lipinski definition) is 5. The minimum atomic E-state index is -0.655. The number of halogens is 1. The molecule has 0 spiro atoms. The van der Waals surface area contributed by atoms with Gasteiger partial charge in [0.25, 0.3) is 5.91 Å². The van der Waals surface area contributed by atoms with Crippen LogP contribution in [-0.4, -0.2) is 67.0 Å². The monoisotopic (exact) mass is 412 g/mol. The first-order valence-corrected chi connectivity index (χ1v) is 10.3. The van der Waals surface area contributed by atoms with E-state index in [1.54, 1.807) is 25.3 Å². The summed E-state index contributed by atoms with van der Waals surface area (Å²) in [5.41, 5.74) is -0.151. The van der Waals surface area contributed by atoms with Crippen molar-refractivity contribution in [3.8, 4) is 5.75 Å². The van der Waals surface area contributed by atoms with Crippen molar-refractivity contribution in [2.75, 3.05) is 33.4 Å². The Hall–Kier alpha value is -1.34. The van der Waals surface area contributed by atoms with Gasteiger partial charge in [-0.2, -0.15) is 0 Å². The largest absolute Gasteiger partial charge is 0.489 e. The molecule has 0 aromatic heterocycles. The minimum Gasteiger partial charge on any atom is -0.489 e. The van der Waals surface area contributed by atoms with Gasteiger partial charge in [-0.25, -0.2) is 0 Å². The van der Waals surface area contributed by atoms with Crippen molar-refractivity contribution in [2.24, 2.45) is 0 Å². The average molecular weight is 413 g/mol. The first kappa shape index (κ1) is 22.9. The number of aliphatic hydroxyl groups is 1. The van der Waals surface area contributed by atoms with E-state index >= 15 is 0 Å². The van der Waals surface area contributed by atoms with Gasteiger partial charge in [0.2, 0.25) is 0 Å². The molecule has 1 heterocycles. The summed E-state index contributed by atoms with van der Waals surface area (Å²) < 4.78 is 11.0. The van der Waals surface area contributed by atoms with Crippen LogP contribution in [0.5, 0.6) is 5.75 Å². The van der Waals surface area contributed by atoms with E-state index in [0.717, 1.165) is 32.4 Å². The van der Waals surface area contributed by atoms with E-state index < -0.39 is 5.60 Å². The Morgan fingerprint density at radius 3 is 2.64 bits per heavy atom. The molecule has 1 aromatic carbocycles. The molecule has 7 heteroatoms. The number of ether oxygens (including phenoxy) is 2. The maximum Gasteiger partial charge on any atom is 0.251 e. The molecule has 0 bridgehead atoms. The standard InChI is InChI=1S/C21H33ClN2O4/c1-15(14-21(2,3)26)24-10-7-17(8-11-24)28-19-6-5-16(13-18(19)22)20(25)23-9-12-27-4/h5-6,13,15,17,26H,7-12,14H2,1-4H3,(H,23,25)/t15-/m1/s1. The molecule has 1 fully saturated rings. The van der Waals surface area contributed by atoms with Gasteiger partial charge in [-0.05, 0) is 58.2 Å². The number of nitrogens with one attached hydrogen (secondary N) is 1. The number of carbonyl (C=O) groups excluding carboxylic acids is 1. The van der Waals surface area contributed by atoms with Crippen LogP contribution in [0.2, 0.25) is 5.02 Å². The molecular weight excluding hydrogens is 380 g/mol. The summed E-state index contributed by atoms with van der Waals surface area (Å²) in [6, 6.07) is 5.46. The van der Waals surface area contributed by atoms with Crippen molar-refractivity contribution in [1.29, 1.82) is 0 Å². The quantitative estimate of drug-likeness (QED) is 0.610. The van der Waals surface area contributed by atoms with Crippen molar-refractivity contribution in [3.63, 3.8) is 0 Å². The zero-order valence-electron chi connectivity index (χ0n) is 17.3. The Morgan fingerprint density at radius 2 is 2.07 bits per heavy atom. The van der Waals surface area contributed by atoms with Gasteiger partial charge in [-0.15, -0.1) is 0 Å². The molecule has 158 valence electrons. The minimum absolute atomic E-state index is 0.101. The Bertz CT molecular complexity index is 640. The molecule has 1 aliphatic heterocycles. The lowest BCUT2D eigenvalue weighted by atomic mass is 9.97. The molecule has 0 radical (unpaired) electrons. The van der Waals surface area contributed by atoms with Crippen molar-refractivity contribution in [2.45, 2.75) is 57.8 Å². The van der Waals surface area contributed by atoms with Gasteiger partial charge in [0.15, 0.2) is 0 Å². The second-order valence-electron chi connectivity index (χ2n) is 8.11. The molecule has 1 saturated heterocycles. The molecule has 1 aliphatic rings. The number of hydrogen-bond donors (Lipinski definition) is 2. The fourth-order valence-corrected chi connectivity index (χ4v) is 3.80. The Balaban J connectivity index is 1.85. The van der Waals surface area contributed by atoms with E-state index in [4.69, 9.17) is 21.1 Å². The highest BCUT2D eigenvalue weighted by Gasteiger charge is 2.27. The van der Waals surface area contributed by atoms with Gasteiger partial charge in [0.05, 0.1) is 17.2 Å². The number of benzene rings is 1. The highest BCUT2D eigenvalue weighted by molar-refractivity contribution is 6.32. The number of nitrogens with zero attached hydrogens (tertiary/aromatic N) is 1. The molecule has 1 aromatic rings. The lowest BCUT2D eigenvalue weighted by molar-refractivity contribution is 0.0197. The van der Waals surface area contributed by atoms with E-state index in [1.165, 1.54) is 0 Å². The predicted molar refractivity (Wildman–Crippen MR) is 111 cm³/mol. The molecule has 2 rings (SSSR count). The number of likely N-dealkylation sites (tertiary alicyclic amines) is 1. The van der Waals surface area contributed by atoms with Gasteiger partial charge in [-0.1, -0.05) is 11.6 Å². The molecule has 0 aliphatic carbocycles. The van der Waals surface area contributed by atoms with Crippen LogP contribution < -0.4 is 10.1 Å². The van der Waals surface area contributed by atoms with Gasteiger partial charge >= 0.3 is 0 Å². The molecule has 6 nitrogen and oxygen atoms in total. The number of methoxy groups -OCH3 is 1. The topological polar surface area (TPSA) is 71.0 Å². The number of piperidine rings is 1. The Labute approximate surface area is 173 Å². The van der Waals surface area contributed by atoms with Crippen molar-refractivity contribution >= 4 is 17.5 Å². The molecular formula is C21H33ClN2O4. The fourth-order valence-electron chi connectivity index (χ4n) is 3.57. The Kier molecular flexibility index (Phi) is 8.56. The third-order valence-electron chi connectivity index (χ3n) is 4.97. The van der Waals surface area contributed by atoms with E-state index in [2.05, 4.69) is 17.1 Å². The summed E-state index contributed by atoms with van der Waals surface area (Å²) in [7, 11) is 1.59. The first-order valence-electron chi connectivity index (χ1n) is 9.89. The summed E-state index contributed by atoms with van der Waals surface area (Å²) in [6.45, 7) is 8.64. The third-order valence-corrected chi connectivity index (χ3v) is 5.27. The van der Waals surface area contributed by atoms with E-state index in [-0.39, 0.29) is 12.0 Å². The zero-order chi connectivity index (χ0) is 20.7. The molecule has 1 amide bonds. The van der Waals surface area contributed by atoms with Crippen LogP contribution in [0.4, 0.5) is 0 Å². The Morgan fingerprint density at radius 1 is 1.39 bits per heavy atom. The molecule has 28 heavy (non-hydrogen) atoms. The average Bonchev–Trinajstić information content (AvgIpc) is 2.62. The molecule has 2 N–H and O–H groups in total. The lowest BCUT2D eigenvalue weighted by Crippen LogP contribution is -2.45. The van der Waals surface area contributed by atoms with Crippen LogP contribution in [0.15, 0.2) is 18.2 Å². The van der Waals surface area contributed by atoms with E-state index in [9.17, 15) is 9.90 Å². The summed E-state index contributed by atoms with van der Waals surface area (Å²) in [4.78, 5) is 14.5. The van der Waals surface area contributed by atoms with Gasteiger partial charge in [0.1, 0.15) is 11.9 Å².